The summed E-state index contributed by atoms with van der Waals surface area (Å²) >= 11 is 0. The number of aryl methyl sites for hydroxylation is 1. The molecule has 3 rings (SSSR count). The minimum atomic E-state index is -0.352. The highest BCUT2D eigenvalue weighted by Crippen LogP contribution is 2.45. The molecule has 0 amide bonds. The summed E-state index contributed by atoms with van der Waals surface area (Å²) in [5, 5.41) is 0. The maximum absolute atomic E-state index is 6.18. The van der Waals surface area contributed by atoms with Gasteiger partial charge in [-0.25, -0.2) is 0 Å². The van der Waals surface area contributed by atoms with Crippen LogP contribution in [0.5, 0.6) is 11.5 Å². The predicted molar refractivity (Wildman–Crippen MR) is 67.5 cm³/mol. The average Bonchev–Trinajstić information content (AvgIpc) is 2.65. The smallest absolute Gasteiger partial charge is 0.251 e. The van der Waals surface area contributed by atoms with Gasteiger partial charge in [-0.3, -0.25) is 0 Å². The molecule has 0 bridgehead atoms. The zero-order chi connectivity index (χ0) is 11.7. The minimum Gasteiger partial charge on any atom is -0.448 e. The van der Waals surface area contributed by atoms with Gasteiger partial charge in [-0.05, 0) is 31.4 Å². The first-order chi connectivity index (χ1) is 8.29. The quantitative estimate of drug-likeness (QED) is 0.667. The Hall–Kier alpha value is -1.18. The van der Waals surface area contributed by atoms with Crippen LogP contribution in [0.1, 0.15) is 50.5 Å². The molecular formula is C15H20O2. The normalized spacial score (nSPS) is 22.2. The number of rotatable bonds is 0. The van der Waals surface area contributed by atoms with Crippen molar-refractivity contribution in [2.75, 3.05) is 0 Å². The molecule has 1 saturated carbocycles. The van der Waals surface area contributed by atoms with Crippen LogP contribution in [0.15, 0.2) is 18.2 Å². The molecule has 0 radical (unpaired) electrons. The standard InChI is InChI=1S/C15H20O2/c1-12-8-7-9-13-14(12)17-15(16-13)10-5-3-2-4-6-11-15/h7-9H,2-6,10-11H2,1H3. The topological polar surface area (TPSA) is 18.5 Å². The summed E-state index contributed by atoms with van der Waals surface area (Å²) in [6.45, 7) is 2.09. The van der Waals surface area contributed by atoms with Gasteiger partial charge in [0.05, 0.1) is 0 Å². The van der Waals surface area contributed by atoms with Crippen molar-refractivity contribution in [3.63, 3.8) is 0 Å². The molecular weight excluding hydrogens is 212 g/mol. The van der Waals surface area contributed by atoms with Crippen LogP contribution in [0.4, 0.5) is 0 Å². The van der Waals surface area contributed by atoms with Crippen LogP contribution in [0, 0.1) is 6.92 Å². The number of benzene rings is 1. The van der Waals surface area contributed by atoms with Gasteiger partial charge < -0.3 is 9.47 Å². The maximum atomic E-state index is 6.18. The van der Waals surface area contributed by atoms with E-state index in [4.69, 9.17) is 9.47 Å². The van der Waals surface area contributed by atoms with Crippen molar-refractivity contribution in [3.8, 4) is 11.5 Å². The fourth-order valence-corrected chi connectivity index (χ4v) is 2.89. The second kappa shape index (κ2) is 4.25. The van der Waals surface area contributed by atoms with E-state index in [9.17, 15) is 0 Å². The molecule has 0 atom stereocenters. The third-order valence-corrected chi connectivity index (χ3v) is 3.88. The first-order valence-corrected chi connectivity index (χ1v) is 6.77. The highest BCUT2D eigenvalue weighted by atomic mass is 16.7. The highest BCUT2D eigenvalue weighted by molar-refractivity contribution is 5.48. The number of hydrogen-bond donors (Lipinski definition) is 0. The average molecular weight is 232 g/mol. The van der Waals surface area contributed by atoms with Gasteiger partial charge in [0.1, 0.15) is 0 Å². The van der Waals surface area contributed by atoms with Gasteiger partial charge >= 0.3 is 0 Å². The predicted octanol–water partition coefficient (Wildman–Crippen LogP) is 4.21. The molecule has 17 heavy (non-hydrogen) atoms. The summed E-state index contributed by atoms with van der Waals surface area (Å²) in [5.74, 6) is 1.55. The van der Waals surface area contributed by atoms with Gasteiger partial charge in [-0.1, -0.05) is 31.4 Å². The second-order valence-electron chi connectivity index (χ2n) is 5.28. The van der Waals surface area contributed by atoms with Crippen molar-refractivity contribution >= 4 is 0 Å². The van der Waals surface area contributed by atoms with E-state index < -0.39 is 0 Å². The highest BCUT2D eigenvalue weighted by Gasteiger charge is 2.41. The molecule has 1 aliphatic heterocycles. The van der Waals surface area contributed by atoms with Gasteiger partial charge in [0, 0.05) is 12.8 Å². The first-order valence-electron chi connectivity index (χ1n) is 6.77. The van der Waals surface area contributed by atoms with Crippen LogP contribution in [-0.4, -0.2) is 5.79 Å². The summed E-state index contributed by atoms with van der Waals surface area (Å²) in [6.07, 6.45) is 8.47. The van der Waals surface area contributed by atoms with Crippen LogP contribution < -0.4 is 9.47 Å². The van der Waals surface area contributed by atoms with Crippen LogP contribution >= 0.6 is 0 Å². The molecule has 1 aromatic rings. The molecule has 2 aliphatic rings. The summed E-state index contributed by atoms with van der Waals surface area (Å²) in [7, 11) is 0. The Morgan fingerprint density at radius 2 is 1.65 bits per heavy atom. The zero-order valence-electron chi connectivity index (χ0n) is 10.5. The number of hydrogen-bond acceptors (Lipinski definition) is 2. The van der Waals surface area contributed by atoms with E-state index in [-0.39, 0.29) is 5.79 Å². The van der Waals surface area contributed by atoms with E-state index in [1.807, 2.05) is 12.1 Å². The molecule has 1 spiro atoms. The van der Waals surface area contributed by atoms with Crippen molar-refractivity contribution in [3.05, 3.63) is 23.8 Å². The maximum Gasteiger partial charge on any atom is 0.251 e. The van der Waals surface area contributed by atoms with E-state index in [1.54, 1.807) is 0 Å². The number of para-hydroxylation sites is 1. The Morgan fingerprint density at radius 1 is 0.941 bits per heavy atom. The molecule has 2 nitrogen and oxygen atoms in total. The van der Waals surface area contributed by atoms with Gasteiger partial charge in [-0.15, -0.1) is 0 Å². The van der Waals surface area contributed by atoms with E-state index in [0.29, 0.717) is 0 Å². The van der Waals surface area contributed by atoms with E-state index in [1.165, 1.54) is 37.7 Å². The molecule has 1 aliphatic carbocycles. The zero-order valence-corrected chi connectivity index (χ0v) is 10.5. The number of ether oxygens (including phenoxy) is 2. The third kappa shape index (κ3) is 2.01. The fourth-order valence-electron chi connectivity index (χ4n) is 2.89. The Bertz CT molecular complexity index is 403. The van der Waals surface area contributed by atoms with Crippen LogP contribution in [0.3, 0.4) is 0 Å². The van der Waals surface area contributed by atoms with Gasteiger partial charge in [0.15, 0.2) is 11.5 Å². The Morgan fingerprint density at radius 3 is 2.35 bits per heavy atom. The SMILES string of the molecule is Cc1cccc2c1OC1(CCCCCCC1)O2. The Labute approximate surface area is 103 Å². The second-order valence-corrected chi connectivity index (χ2v) is 5.28. The largest absolute Gasteiger partial charge is 0.448 e. The lowest BCUT2D eigenvalue weighted by Crippen LogP contribution is -2.39. The van der Waals surface area contributed by atoms with E-state index >= 15 is 0 Å². The first kappa shape index (κ1) is 10.9. The molecule has 1 fully saturated rings. The molecule has 92 valence electrons. The third-order valence-electron chi connectivity index (χ3n) is 3.88. The van der Waals surface area contributed by atoms with Crippen LogP contribution in [0.2, 0.25) is 0 Å². The molecule has 1 aromatic carbocycles. The lowest BCUT2D eigenvalue weighted by Gasteiger charge is -2.29. The summed E-state index contributed by atoms with van der Waals surface area (Å²) in [4.78, 5) is 0. The van der Waals surface area contributed by atoms with Crippen molar-refractivity contribution in [1.82, 2.24) is 0 Å². The van der Waals surface area contributed by atoms with Crippen molar-refractivity contribution < 1.29 is 9.47 Å². The van der Waals surface area contributed by atoms with Gasteiger partial charge in [0.25, 0.3) is 5.79 Å². The summed E-state index contributed by atoms with van der Waals surface area (Å²) in [6, 6.07) is 6.15. The molecule has 0 saturated heterocycles. The lowest BCUT2D eigenvalue weighted by molar-refractivity contribution is -0.0973. The molecule has 0 N–H and O–H groups in total. The van der Waals surface area contributed by atoms with Gasteiger partial charge in [-0.2, -0.15) is 0 Å². The van der Waals surface area contributed by atoms with Crippen LogP contribution in [-0.2, 0) is 0 Å². The Balaban J connectivity index is 1.85. The lowest BCUT2D eigenvalue weighted by atomic mass is 9.96. The minimum absolute atomic E-state index is 0.352. The van der Waals surface area contributed by atoms with Crippen LogP contribution in [0.25, 0.3) is 0 Å². The molecule has 1 heterocycles. The molecule has 0 aromatic heterocycles. The summed E-state index contributed by atoms with van der Waals surface area (Å²) < 4.78 is 12.3. The summed E-state index contributed by atoms with van der Waals surface area (Å²) in [5.41, 5.74) is 1.18. The molecule has 0 unspecified atom stereocenters. The van der Waals surface area contributed by atoms with E-state index in [0.717, 1.165) is 24.3 Å². The van der Waals surface area contributed by atoms with E-state index in [2.05, 4.69) is 13.0 Å². The van der Waals surface area contributed by atoms with Gasteiger partial charge in [0.2, 0.25) is 0 Å². The van der Waals surface area contributed by atoms with Crippen molar-refractivity contribution in [2.24, 2.45) is 0 Å². The molecule has 2 heteroatoms. The monoisotopic (exact) mass is 232 g/mol. The van der Waals surface area contributed by atoms with Crippen molar-refractivity contribution in [2.45, 2.75) is 57.7 Å². The number of fused-ring (bicyclic) bond motifs is 1. The van der Waals surface area contributed by atoms with Crippen molar-refractivity contribution in [1.29, 1.82) is 0 Å². The Kier molecular flexibility index (Phi) is 2.73. The fraction of sp³-hybridized carbons (Fsp3) is 0.600.